The minimum absolute atomic E-state index is 0.112. The third kappa shape index (κ3) is 2.35. The molecule has 5 nitrogen and oxygen atoms in total. The van der Waals surface area contributed by atoms with Crippen molar-refractivity contribution in [3.05, 3.63) is 17.7 Å². The van der Waals surface area contributed by atoms with Crippen LogP contribution in [0.1, 0.15) is 12.0 Å². The Morgan fingerprint density at radius 2 is 1.63 bits per heavy atom. The summed E-state index contributed by atoms with van der Waals surface area (Å²) in [4.78, 5) is 0. The summed E-state index contributed by atoms with van der Waals surface area (Å²) in [6.07, 6.45) is 0.638. The molecule has 1 aromatic carbocycles. The molecule has 1 aromatic rings. The van der Waals surface area contributed by atoms with Crippen LogP contribution in [0.15, 0.2) is 12.1 Å². The molecule has 1 heterocycles. The Labute approximate surface area is 113 Å². The SMILES string of the molecule is COc1cc(OC)c(C2(CCO)COC2)cc1OC. The predicted octanol–water partition coefficient (Wildman–Crippen LogP) is 1.36. The van der Waals surface area contributed by atoms with E-state index in [1.807, 2.05) is 12.1 Å². The molecule has 1 aliphatic rings. The molecular weight excluding hydrogens is 248 g/mol. The molecule has 0 spiro atoms. The van der Waals surface area contributed by atoms with Crippen LogP contribution in [-0.4, -0.2) is 46.3 Å². The Bertz CT molecular complexity index is 440. The number of hydrogen-bond donors (Lipinski definition) is 1. The predicted molar refractivity (Wildman–Crippen MR) is 70.3 cm³/mol. The number of methoxy groups -OCH3 is 3. The van der Waals surface area contributed by atoms with Crippen LogP contribution in [0.2, 0.25) is 0 Å². The van der Waals surface area contributed by atoms with Gasteiger partial charge in [0.25, 0.3) is 0 Å². The first kappa shape index (κ1) is 14.0. The maximum Gasteiger partial charge on any atom is 0.164 e. The van der Waals surface area contributed by atoms with Crippen LogP contribution in [0.25, 0.3) is 0 Å². The highest BCUT2D eigenvalue weighted by atomic mass is 16.5. The first-order valence-electron chi connectivity index (χ1n) is 6.20. The monoisotopic (exact) mass is 268 g/mol. The largest absolute Gasteiger partial charge is 0.496 e. The van der Waals surface area contributed by atoms with Crippen LogP contribution in [-0.2, 0) is 10.2 Å². The fraction of sp³-hybridized carbons (Fsp3) is 0.571. The summed E-state index contributed by atoms with van der Waals surface area (Å²) in [5.74, 6) is 2.01. The number of aliphatic hydroxyl groups is 1. The van der Waals surface area contributed by atoms with Crippen molar-refractivity contribution in [2.75, 3.05) is 41.2 Å². The highest BCUT2D eigenvalue weighted by molar-refractivity contribution is 5.54. The lowest BCUT2D eigenvalue weighted by Gasteiger charge is -2.42. The first-order valence-corrected chi connectivity index (χ1v) is 6.20. The topological polar surface area (TPSA) is 57.2 Å². The molecule has 0 aliphatic carbocycles. The summed E-state index contributed by atoms with van der Waals surface area (Å²) in [5.41, 5.74) is 0.799. The Morgan fingerprint density at radius 3 is 2.05 bits per heavy atom. The van der Waals surface area contributed by atoms with Crippen molar-refractivity contribution < 1.29 is 24.1 Å². The van der Waals surface area contributed by atoms with Crippen LogP contribution in [0.3, 0.4) is 0 Å². The van der Waals surface area contributed by atoms with E-state index in [4.69, 9.17) is 18.9 Å². The first-order chi connectivity index (χ1) is 9.20. The van der Waals surface area contributed by atoms with Crippen molar-refractivity contribution in [3.8, 4) is 17.2 Å². The molecule has 0 unspecified atom stereocenters. The highest BCUT2D eigenvalue weighted by Crippen LogP contribution is 2.45. The van der Waals surface area contributed by atoms with E-state index < -0.39 is 0 Å². The van der Waals surface area contributed by atoms with E-state index in [0.29, 0.717) is 31.1 Å². The molecule has 1 saturated heterocycles. The molecule has 0 bridgehead atoms. The molecule has 0 aromatic heterocycles. The van der Waals surface area contributed by atoms with E-state index >= 15 is 0 Å². The molecular formula is C14H20O5. The van der Waals surface area contributed by atoms with E-state index in [0.717, 1.165) is 11.3 Å². The van der Waals surface area contributed by atoms with E-state index in [1.165, 1.54) is 0 Å². The van der Waals surface area contributed by atoms with Gasteiger partial charge in [-0.05, 0) is 12.5 Å². The third-order valence-electron chi connectivity index (χ3n) is 3.62. The summed E-state index contributed by atoms with van der Waals surface area (Å²) in [5, 5.41) is 9.27. The molecule has 2 rings (SSSR count). The number of rotatable bonds is 6. The molecule has 1 N–H and O–H groups in total. The maximum absolute atomic E-state index is 9.27. The van der Waals surface area contributed by atoms with Gasteiger partial charge >= 0.3 is 0 Å². The second-order valence-electron chi connectivity index (χ2n) is 4.65. The van der Waals surface area contributed by atoms with Crippen LogP contribution < -0.4 is 14.2 Å². The summed E-state index contributed by atoms with van der Waals surface area (Å²) < 4.78 is 21.4. The molecule has 0 amide bonds. The average Bonchev–Trinajstić information content (AvgIpc) is 2.41. The smallest absolute Gasteiger partial charge is 0.164 e. The van der Waals surface area contributed by atoms with Gasteiger partial charge in [-0.2, -0.15) is 0 Å². The number of hydrogen-bond acceptors (Lipinski definition) is 5. The van der Waals surface area contributed by atoms with Crippen molar-refractivity contribution in [1.29, 1.82) is 0 Å². The van der Waals surface area contributed by atoms with Gasteiger partial charge in [0.2, 0.25) is 0 Å². The van der Waals surface area contributed by atoms with E-state index in [2.05, 4.69) is 0 Å². The van der Waals surface area contributed by atoms with Gasteiger partial charge in [-0.25, -0.2) is 0 Å². The zero-order chi connectivity index (χ0) is 13.9. The summed E-state index contributed by atoms with van der Waals surface area (Å²) >= 11 is 0. The Hall–Kier alpha value is -1.46. The second kappa shape index (κ2) is 5.67. The number of ether oxygens (including phenoxy) is 4. The lowest BCUT2D eigenvalue weighted by Crippen LogP contribution is -2.47. The van der Waals surface area contributed by atoms with Crippen molar-refractivity contribution in [1.82, 2.24) is 0 Å². The fourth-order valence-corrected chi connectivity index (χ4v) is 2.44. The van der Waals surface area contributed by atoms with Gasteiger partial charge < -0.3 is 24.1 Å². The van der Waals surface area contributed by atoms with Gasteiger partial charge in [-0.3, -0.25) is 0 Å². The molecule has 5 heteroatoms. The van der Waals surface area contributed by atoms with Gasteiger partial charge in [0.1, 0.15) is 5.75 Å². The molecule has 19 heavy (non-hydrogen) atoms. The summed E-state index contributed by atoms with van der Waals surface area (Å²) in [6, 6.07) is 3.72. The van der Waals surface area contributed by atoms with Gasteiger partial charge in [0.05, 0.1) is 34.5 Å². The Balaban J connectivity index is 2.48. The van der Waals surface area contributed by atoms with E-state index in [-0.39, 0.29) is 12.0 Å². The van der Waals surface area contributed by atoms with Crippen molar-refractivity contribution in [2.45, 2.75) is 11.8 Å². The van der Waals surface area contributed by atoms with Gasteiger partial charge in [-0.1, -0.05) is 0 Å². The van der Waals surface area contributed by atoms with Gasteiger partial charge in [0, 0.05) is 23.7 Å². The minimum Gasteiger partial charge on any atom is -0.496 e. The molecule has 0 saturated carbocycles. The summed E-state index contributed by atoms with van der Waals surface area (Å²) in [7, 11) is 4.81. The zero-order valence-electron chi connectivity index (χ0n) is 11.6. The zero-order valence-corrected chi connectivity index (χ0v) is 11.6. The maximum atomic E-state index is 9.27. The van der Waals surface area contributed by atoms with Gasteiger partial charge in [-0.15, -0.1) is 0 Å². The Morgan fingerprint density at radius 1 is 1.05 bits per heavy atom. The average molecular weight is 268 g/mol. The molecule has 1 fully saturated rings. The minimum atomic E-state index is -0.195. The number of aliphatic hydroxyl groups excluding tert-OH is 1. The fourth-order valence-electron chi connectivity index (χ4n) is 2.44. The quantitative estimate of drug-likeness (QED) is 0.844. The molecule has 0 atom stereocenters. The normalized spacial score (nSPS) is 16.6. The standard InChI is InChI=1S/C14H20O5/c1-16-11-7-13(18-3)12(17-2)6-10(11)14(4-5-15)8-19-9-14/h6-7,15H,4-5,8-9H2,1-3H3. The molecule has 0 radical (unpaired) electrons. The van der Waals surface area contributed by atoms with Crippen LogP contribution >= 0.6 is 0 Å². The number of benzene rings is 1. The lowest BCUT2D eigenvalue weighted by molar-refractivity contribution is -0.0710. The van der Waals surface area contributed by atoms with E-state index in [1.54, 1.807) is 21.3 Å². The summed E-state index contributed by atoms with van der Waals surface area (Å²) in [6.45, 7) is 1.28. The molecule has 1 aliphatic heterocycles. The van der Waals surface area contributed by atoms with Crippen molar-refractivity contribution in [3.63, 3.8) is 0 Å². The molecule has 106 valence electrons. The van der Waals surface area contributed by atoms with Crippen LogP contribution in [0.5, 0.6) is 17.2 Å². The van der Waals surface area contributed by atoms with Crippen LogP contribution in [0, 0.1) is 0 Å². The Kier molecular flexibility index (Phi) is 4.17. The van der Waals surface area contributed by atoms with E-state index in [9.17, 15) is 5.11 Å². The highest BCUT2D eigenvalue weighted by Gasteiger charge is 2.42. The third-order valence-corrected chi connectivity index (χ3v) is 3.62. The lowest BCUT2D eigenvalue weighted by atomic mass is 9.75. The second-order valence-corrected chi connectivity index (χ2v) is 4.65. The van der Waals surface area contributed by atoms with Crippen molar-refractivity contribution in [2.24, 2.45) is 0 Å². The van der Waals surface area contributed by atoms with Crippen molar-refractivity contribution >= 4 is 0 Å². The van der Waals surface area contributed by atoms with Crippen LogP contribution in [0.4, 0.5) is 0 Å². The van der Waals surface area contributed by atoms with Gasteiger partial charge in [0.15, 0.2) is 11.5 Å².